The van der Waals surface area contributed by atoms with E-state index in [4.69, 9.17) is 0 Å². The molecule has 212 valence electrons. The third-order valence-corrected chi connectivity index (χ3v) is 7.41. The number of alkyl halides is 3. The van der Waals surface area contributed by atoms with Crippen molar-refractivity contribution in [2.75, 3.05) is 5.32 Å². The van der Waals surface area contributed by atoms with Gasteiger partial charge in [-0.3, -0.25) is 23.7 Å². The van der Waals surface area contributed by atoms with Gasteiger partial charge in [-0.25, -0.2) is 9.97 Å². The molecule has 1 aliphatic heterocycles. The van der Waals surface area contributed by atoms with Gasteiger partial charge in [0.25, 0.3) is 0 Å². The molecule has 3 aromatic heterocycles. The fourth-order valence-electron chi connectivity index (χ4n) is 5.45. The molecule has 3 atom stereocenters. The standard InChI is InChI=1S/C27H25F3N8O3/c1-14(39)25-19-7-16(18-10-31-15(2)32-11-18)3-4-20(19)37(35-25)12-24(40)38-21-8-17(21)9-22(38)26(41)33-23-5-6-36(34-23)13-27(28,29)30/h3-7,10-11,17,21-22H,8-9,12-13H2,1-2H3,(H,33,34,41)/t17-,21?,22+/m1/s1. The summed E-state index contributed by atoms with van der Waals surface area (Å²) >= 11 is 0. The monoisotopic (exact) mass is 566 g/mol. The average Bonchev–Trinajstić information content (AvgIpc) is 3.20. The van der Waals surface area contributed by atoms with E-state index >= 15 is 0 Å². The van der Waals surface area contributed by atoms with Crippen LogP contribution in [0.25, 0.3) is 22.0 Å². The maximum Gasteiger partial charge on any atom is 0.408 e. The Balaban J connectivity index is 1.22. The highest BCUT2D eigenvalue weighted by molar-refractivity contribution is 6.06. The van der Waals surface area contributed by atoms with Crippen molar-refractivity contribution in [2.45, 2.75) is 58.0 Å². The Hall–Kier alpha value is -4.62. The van der Waals surface area contributed by atoms with Gasteiger partial charge in [-0.2, -0.15) is 23.4 Å². The number of Topliss-reactive ketones (excluding diaryl/α,β-unsaturated/α-hetero) is 1. The van der Waals surface area contributed by atoms with E-state index in [1.807, 2.05) is 12.1 Å². The number of hydrogen-bond acceptors (Lipinski definition) is 7. The molecular weight excluding hydrogens is 541 g/mol. The predicted molar refractivity (Wildman–Crippen MR) is 140 cm³/mol. The Morgan fingerprint density at radius 2 is 1.80 bits per heavy atom. The van der Waals surface area contributed by atoms with Crippen LogP contribution in [-0.2, 0) is 22.7 Å². The molecule has 14 heteroatoms. The number of halogens is 3. The highest BCUT2D eigenvalue weighted by Crippen LogP contribution is 2.48. The first-order chi connectivity index (χ1) is 19.5. The largest absolute Gasteiger partial charge is 0.408 e. The summed E-state index contributed by atoms with van der Waals surface area (Å²) in [5.74, 6) is -0.321. The molecule has 1 saturated carbocycles. The van der Waals surface area contributed by atoms with E-state index in [9.17, 15) is 27.6 Å². The molecule has 1 N–H and O–H groups in total. The van der Waals surface area contributed by atoms with Gasteiger partial charge in [-0.1, -0.05) is 6.07 Å². The van der Waals surface area contributed by atoms with Gasteiger partial charge in [-0.05, 0) is 43.4 Å². The molecule has 0 spiro atoms. The van der Waals surface area contributed by atoms with Crippen LogP contribution >= 0.6 is 0 Å². The summed E-state index contributed by atoms with van der Waals surface area (Å²) in [5.41, 5.74) is 2.37. The minimum absolute atomic E-state index is 0.0221. The Labute approximate surface area is 231 Å². The van der Waals surface area contributed by atoms with E-state index in [0.29, 0.717) is 27.8 Å². The number of rotatable bonds is 7. The number of nitrogens with one attached hydrogen (secondary N) is 1. The van der Waals surface area contributed by atoms with Gasteiger partial charge < -0.3 is 10.2 Å². The molecule has 1 unspecified atom stereocenters. The van der Waals surface area contributed by atoms with Crippen molar-refractivity contribution in [1.29, 1.82) is 0 Å². The van der Waals surface area contributed by atoms with Crippen molar-refractivity contribution in [3.8, 4) is 11.1 Å². The summed E-state index contributed by atoms with van der Waals surface area (Å²) in [7, 11) is 0. The highest BCUT2D eigenvalue weighted by Gasteiger charge is 2.56. The second-order valence-corrected chi connectivity index (χ2v) is 10.4. The second kappa shape index (κ2) is 9.78. The van der Waals surface area contributed by atoms with Gasteiger partial charge in [0.15, 0.2) is 11.6 Å². The minimum Gasteiger partial charge on any atom is -0.326 e. The number of fused-ring (bicyclic) bond motifs is 2. The number of benzene rings is 1. The van der Waals surface area contributed by atoms with Gasteiger partial charge in [-0.15, -0.1) is 0 Å². The van der Waals surface area contributed by atoms with Crippen molar-refractivity contribution in [2.24, 2.45) is 5.92 Å². The first-order valence-corrected chi connectivity index (χ1v) is 13.0. The molecule has 2 amide bonds. The molecule has 11 nitrogen and oxygen atoms in total. The lowest BCUT2D eigenvalue weighted by atomic mass is 10.0. The van der Waals surface area contributed by atoms with Crippen molar-refractivity contribution < 1.29 is 27.6 Å². The third kappa shape index (κ3) is 5.28. The van der Waals surface area contributed by atoms with Crippen LogP contribution in [0.5, 0.6) is 0 Å². The third-order valence-electron chi connectivity index (χ3n) is 7.41. The average molecular weight is 567 g/mol. The summed E-state index contributed by atoms with van der Waals surface area (Å²) in [5, 5.41) is 11.3. The molecule has 2 fully saturated rings. The van der Waals surface area contributed by atoms with Gasteiger partial charge >= 0.3 is 6.18 Å². The van der Waals surface area contributed by atoms with E-state index in [1.165, 1.54) is 22.6 Å². The number of anilines is 1. The number of aromatic nitrogens is 6. The van der Waals surface area contributed by atoms with Crippen molar-refractivity contribution >= 4 is 34.3 Å². The van der Waals surface area contributed by atoms with Crippen LogP contribution in [-0.4, -0.2) is 70.3 Å². The Morgan fingerprint density at radius 1 is 1.05 bits per heavy atom. The van der Waals surface area contributed by atoms with Gasteiger partial charge in [0.2, 0.25) is 11.8 Å². The Kier molecular flexibility index (Phi) is 6.35. The summed E-state index contributed by atoms with van der Waals surface area (Å²) in [4.78, 5) is 49.1. The highest BCUT2D eigenvalue weighted by atomic mass is 19.4. The molecule has 6 rings (SSSR count). The molecule has 0 bridgehead atoms. The Morgan fingerprint density at radius 3 is 2.51 bits per heavy atom. The lowest BCUT2D eigenvalue weighted by molar-refractivity contribution is -0.142. The zero-order chi connectivity index (χ0) is 29.1. The topological polar surface area (TPSA) is 128 Å². The molecule has 1 aliphatic carbocycles. The van der Waals surface area contributed by atoms with Crippen LogP contribution in [0.2, 0.25) is 0 Å². The second-order valence-electron chi connectivity index (χ2n) is 10.4. The van der Waals surface area contributed by atoms with Gasteiger partial charge in [0.05, 0.1) is 5.52 Å². The molecule has 4 heterocycles. The maximum atomic E-state index is 13.6. The van der Waals surface area contributed by atoms with E-state index < -0.39 is 24.7 Å². The number of carbonyl (C=O) groups is 3. The SMILES string of the molecule is CC(=O)c1nn(CC(=O)N2C3C[C@@H]3C[C@H]2C(=O)Nc2ccn(CC(F)(F)F)n2)c2ccc(-c3cnc(C)nc3)cc12. The van der Waals surface area contributed by atoms with Crippen molar-refractivity contribution in [3.05, 3.63) is 54.4 Å². The van der Waals surface area contributed by atoms with Gasteiger partial charge in [0.1, 0.15) is 30.6 Å². The lowest BCUT2D eigenvalue weighted by Gasteiger charge is -2.26. The van der Waals surface area contributed by atoms with Crippen LogP contribution in [0, 0.1) is 12.8 Å². The minimum atomic E-state index is -4.45. The van der Waals surface area contributed by atoms with E-state index in [0.717, 1.165) is 23.7 Å². The van der Waals surface area contributed by atoms with Crippen LogP contribution in [0.3, 0.4) is 0 Å². The summed E-state index contributed by atoms with van der Waals surface area (Å²) in [6.45, 7) is 1.72. The van der Waals surface area contributed by atoms with E-state index in [-0.39, 0.29) is 41.7 Å². The number of carbonyl (C=O) groups excluding carboxylic acids is 3. The number of amides is 2. The number of aryl methyl sites for hydroxylation is 1. The summed E-state index contributed by atoms with van der Waals surface area (Å²) in [6.07, 6.45) is 1.29. The zero-order valence-electron chi connectivity index (χ0n) is 22.1. The summed E-state index contributed by atoms with van der Waals surface area (Å²) < 4.78 is 40.1. The molecule has 1 aromatic carbocycles. The molecule has 4 aromatic rings. The number of nitrogens with zero attached hydrogens (tertiary/aromatic N) is 7. The van der Waals surface area contributed by atoms with Gasteiger partial charge in [0, 0.05) is 48.6 Å². The zero-order valence-corrected chi connectivity index (χ0v) is 22.1. The normalized spacial score (nSPS) is 19.8. The molecule has 2 aliphatic rings. The van der Waals surface area contributed by atoms with Crippen molar-refractivity contribution in [3.63, 3.8) is 0 Å². The predicted octanol–water partition coefficient (Wildman–Crippen LogP) is 3.39. The van der Waals surface area contributed by atoms with Crippen LogP contribution in [0.4, 0.5) is 19.0 Å². The van der Waals surface area contributed by atoms with Crippen LogP contribution in [0.15, 0.2) is 42.9 Å². The molecule has 0 radical (unpaired) electrons. The van der Waals surface area contributed by atoms with Crippen molar-refractivity contribution in [1.82, 2.24) is 34.4 Å². The molecule has 1 saturated heterocycles. The lowest BCUT2D eigenvalue weighted by Crippen LogP contribution is -2.46. The number of likely N-dealkylation sites (tertiary alicyclic amines) is 1. The fourth-order valence-corrected chi connectivity index (χ4v) is 5.45. The quantitative estimate of drug-likeness (QED) is 0.340. The van der Waals surface area contributed by atoms with E-state index in [2.05, 4.69) is 25.5 Å². The first-order valence-electron chi connectivity index (χ1n) is 13.0. The maximum absolute atomic E-state index is 13.6. The molecular formula is C27H25F3N8O3. The van der Waals surface area contributed by atoms with Crippen LogP contribution < -0.4 is 5.32 Å². The number of piperidine rings is 1. The van der Waals surface area contributed by atoms with E-state index in [1.54, 1.807) is 25.4 Å². The number of ketones is 1. The fraction of sp³-hybridized carbons (Fsp3) is 0.370. The molecule has 41 heavy (non-hydrogen) atoms. The summed E-state index contributed by atoms with van der Waals surface area (Å²) in [6, 6.07) is 5.83. The number of hydrogen-bond donors (Lipinski definition) is 1. The Bertz CT molecular complexity index is 1680. The first kappa shape index (κ1) is 26.6. The smallest absolute Gasteiger partial charge is 0.326 e. The van der Waals surface area contributed by atoms with Crippen LogP contribution in [0.1, 0.15) is 36.1 Å².